The molecule has 0 radical (unpaired) electrons. The van der Waals surface area contributed by atoms with Gasteiger partial charge in [0.2, 0.25) is 0 Å². The Morgan fingerprint density at radius 3 is 2.19 bits per heavy atom. The van der Waals surface area contributed by atoms with E-state index < -0.39 is 11.9 Å². The number of aryl methyl sites for hydroxylation is 1. The van der Waals surface area contributed by atoms with E-state index in [2.05, 4.69) is 5.10 Å². The average Bonchev–Trinajstić information content (AvgIpc) is 3.03. The van der Waals surface area contributed by atoms with Gasteiger partial charge in [0.1, 0.15) is 0 Å². The first-order valence-electron chi connectivity index (χ1n) is 8.18. The number of carboxylic acids is 1. The molecule has 3 aromatic rings. The third kappa shape index (κ3) is 3.35. The minimum absolute atomic E-state index is 0.00426. The maximum absolute atomic E-state index is 13.8. The number of aromatic nitrogens is 2. The lowest BCUT2D eigenvalue weighted by Crippen LogP contribution is -2.11. The molecule has 3 rings (SSSR count). The lowest BCUT2D eigenvalue weighted by Gasteiger charge is -2.14. The fraction of sp³-hybridized carbons (Fsp3) is 0.200. The molecule has 0 aliphatic carbocycles. The number of carboxylic acid groups (broad SMARTS) is 1. The van der Waals surface area contributed by atoms with Crippen LogP contribution in [0.5, 0.6) is 0 Å². The molecule has 2 aromatic carbocycles. The Morgan fingerprint density at radius 2 is 1.65 bits per heavy atom. The second-order valence-corrected chi connectivity index (χ2v) is 6.06. The molecule has 0 saturated heterocycles. The lowest BCUT2D eigenvalue weighted by molar-refractivity contribution is -0.00827. The number of nitrogens with zero attached hydrogens (tertiary/aromatic N) is 2. The van der Waals surface area contributed by atoms with Crippen LogP contribution < -0.4 is 0 Å². The zero-order valence-electron chi connectivity index (χ0n) is 14.4. The van der Waals surface area contributed by atoms with E-state index in [9.17, 15) is 13.6 Å². The van der Waals surface area contributed by atoms with Crippen LogP contribution in [0.1, 0.15) is 29.3 Å². The highest BCUT2D eigenvalue weighted by atomic mass is 19.3. The molecule has 0 fully saturated rings. The van der Waals surface area contributed by atoms with Crippen molar-refractivity contribution in [1.82, 2.24) is 9.78 Å². The van der Waals surface area contributed by atoms with Crippen LogP contribution in [0.25, 0.3) is 22.5 Å². The molecule has 4 nitrogen and oxygen atoms in total. The summed E-state index contributed by atoms with van der Waals surface area (Å²) in [5.41, 5.74) is 3.24. The van der Waals surface area contributed by atoms with Gasteiger partial charge in [-0.3, -0.25) is 4.68 Å². The topological polar surface area (TPSA) is 55.1 Å². The second-order valence-electron chi connectivity index (χ2n) is 6.06. The quantitative estimate of drug-likeness (QED) is 0.703. The van der Waals surface area contributed by atoms with Crippen LogP contribution in [-0.2, 0) is 13.0 Å². The van der Waals surface area contributed by atoms with Crippen molar-refractivity contribution < 1.29 is 18.7 Å². The fourth-order valence-electron chi connectivity index (χ4n) is 2.75. The molecule has 0 atom stereocenters. The third-order valence-electron chi connectivity index (χ3n) is 4.35. The van der Waals surface area contributed by atoms with Gasteiger partial charge < -0.3 is 5.11 Å². The van der Waals surface area contributed by atoms with E-state index >= 15 is 0 Å². The Morgan fingerprint density at radius 1 is 1.08 bits per heavy atom. The first-order chi connectivity index (χ1) is 12.3. The van der Waals surface area contributed by atoms with Gasteiger partial charge in [0, 0.05) is 24.6 Å². The molecular formula is C20H18F2N2O2. The Bertz CT molecular complexity index is 929. The van der Waals surface area contributed by atoms with Gasteiger partial charge in [-0.25, -0.2) is 13.6 Å². The van der Waals surface area contributed by atoms with Crippen LogP contribution in [0.15, 0.2) is 54.6 Å². The molecule has 1 N–H and O–H groups in total. The van der Waals surface area contributed by atoms with Gasteiger partial charge in [-0.15, -0.1) is 0 Å². The first kappa shape index (κ1) is 17.8. The number of aromatic carboxylic acids is 1. The van der Waals surface area contributed by atoms with Crippen LogP contribution in [0.3, 0.4) is 0 Å². The predicted octanol–water partition coefficient (Wildman–Crippen LogP) is 4.95. The summed E-state index contributed by atoms with van der Waals surface area (Å²) < 4.78 is 29.2. The third-order valence-corrected chi connectivity index (χ3v) is 4.35. The minimum atomic E-state index is -2.83. The molecule has 6 heteroatoms. The van der Waals surface area contributed by atoms with Crippen molar-refractivity contribution in [2.75, 3.05) is 0 Å². The molecule has 0 amide bonds. The Balaban J connectivity index is 1.92. The summed E-state index contributed by atoms with van der Waals surface area (Å²) in [6, 6.07) is 14.5. The molecule has 26 heavy (non-hydrogen) atoms. The zero-order chi connectivity index (χ0) is 18.9. The van der Waals surface area contributed by atoms with Crippen LogP contribution >= 0.6 is 0 Å². The van der Waals surface area contributed by atoms with Crippen molar-refractivity contribution >= 4 is 5.97 Å². The van der Waals surface area contributed by atoms with E-state index in [-0.39, 0.29) is 17.5 Å². The molecule has 0 aliphatic rings. The second kappa shape index (κ2) is 6.71. The number of hydrogen-bond donors (Lipinski definition) is 1. The standard InChI is InChI=1S/C20H18F2N2O2/c1-3-20(21,22)16-10-8-14(9-11-16)18-12-17(23-24(18)2)13-4-6-15(7-5-13)19(25)26/h4-12H,3H2,1-2H3,(H,25,26). The van der Waals surface area contributed by atoms with Crippen LogP contribution in [0, 0.1) is 0 Å². The minimum Gasteiger partial charge on any atom is -0.478 e. The van der Waals surface area contributed by atoms with E-state index in [0.717, 1.165) is 16.8 Å². The largest absolute Gasteiger partial charge is 0.478 e. The van der Waals surface area contributed by atoms with Gasteiger partial charge in [0.05, 0.1) is 17.0 Å². The maximum Gasteiger partial charge on any atom is 0.335 e. The van der Waals surface area contributed by atoms with Gasteiger partial charge in [-0.05, 0) is 23.8 Å². The van der Waals surface area contributed by atoms with E-state index in [1.54, 1.807) is 36.0 Å². The summed E-state index contributed by atoms with van der Waals surface area (Å²) in [6.45, 7) is 1.46. The molecule has 134 valence electrons. The van der Waals surface area contributed by atoms with Crippen molar-refractivity contribution in [3.05, 3.63) is 65.7 Å². The normalized spacial score (nSPS) is 11.5. The molecule has 0 saturated carbocycles. The lowest BCUT2D eigenvalue weighted by atomic mass is 10.0. The van der Waals surface area contributed by atoms with Crippen LogP contribution in [-0.4, -0.2) is 20.9 Å². The van der Waals surface area contributed by atoms with Crippen LogP contribution in [0.2, 0.25) is 0 Å². The average molecular weight is 356 g/mol. The Kier molecular flexibility index (Phi) is 4.59. The van der Waals surface area contributed by atoms with Gasteiger partial charge >= 0.3 is 5.97 Å². The van der Waals surface area contributed by atoms with Crippen molar-refractivity contribution in [1.29, 1.82) is 0 Å². The summed E-state index contributed by atoms with van der Waals surface area (Å²) in [6.07, 6.45) is -0.242. The molecule has 0 bridgehead atoms. The number of halogens is 2. The molecule has 1 aromatic heterocycles. The molecule has 0 unspecified atom stereocenters. The van der Waals surface area contributed by atoms with Crippen molar-refractivity contribution in [3.8, 4) is 22.5 Å². The fourth-order valence-corrected chi connectivity index (χ4v) is 2.75. The highest BCUT2D eigenvalue weighted by Crippen LogP contribution is 2.33. The highest BCUT2D eigenvalue weighted by molar-refractivity contribution is 5.88. The number of carbonyl (C=O) groups is 1. The van der Waals surface area contributed by atoms with Crippen molar-refractivity contribution in [2.45, 2.75) is 19.3 Å². The maximum atomic E-state index is 13.8. The summed E-state index contributed by atoms with van der Waals surface area (Å²) in [5, 5.41) is 13.4. The van der Waals surface area contributed by atoms with Gasteiger partial charge in [-0.2, -0.15) is 5.10 Å². The van der Waals surface area contributed by atoms with Crippen molar-refractivity contribution in [3.63, 3.8) is 0 Å². The molecule has 1 heterocycles. The van der Waals surface area contributed by atoms with E-state index in [1.165, 1.54) is 31.2 Å². The summed E-state index contributed by atoms with van der Waals surface area (Å²) in [4.78, 5) is 10.9. The summed E-state index contributed by atoms with van der Waals surface area (Å²) in [7, 11) is 1.78. The number of benzene rings is 2. The number of hydrogen-bond acceptors (Lipinski definition) is 2. The van der Waals surface area contributed by atoms with Crippen LogP contribution in [0.4, 0.5) is 8.78 Å². The van der Waals surface area contributed by atoms with Gasteiger partial charge in [0.15, 0.2) is 0 Å². The smallest absolute Gasteiger partial charge is 0.335 e. The van der Waals surface area contributed by atoms with E-state index in [4.69, 9.17) is 5.11 Å². The SMILES string of the molecule is CCC(F)(F)c1ccc(-c2cc(-c3ccc(C(=O)O)cc3)nn2C)cc1. The number of rotatable bonds is 5. The number of alkyl halides is 2. The summed E-state index contributed by atoms with van der Waals surface area (Å²) >= 11 is 0. The predicted molar refractivity (Wildman–Crippen MR) is 95.2 cm³/mol. The van der Waals surface area contributed by atoms with E-state index in [0.29, 0.717) is 5.69 Å². The molecular weight excluding hydrogens is 338 g/mol. The van der Waals surface area contributed by atoms with Gasteiger partial charge in [-0.1, -0.05) is 43.3 Å². The monoisotopic (exact) mass is 356 g/mol. The molecule has 0 spiro atoms. The molecule has 0 aliphatic heterocycles. The highest BCUT2D eigenvalue weighted by Gasteiger charge is 2.28. The van der Waals surface area contributed by atoms with Crippen molar-refractivity contribution in [2.24, 2.45) is 7.05 Å². The van der Waals surface area contributed by atoms with Gasteiger partial charge in [0.25, 0.3) is 5.92 Å². The zero-order valence-corrected chi connectivity index (χ0v) is 14.4. The first-order valence-corrected chi connectivity index (χ1v) is 8.18. The Labute approximate surface area is 149 Å². The summed E-state index contributed by atoms with van der Waals surface area (Å²) in [5.74, 6) is -3.82. The van der Waals surface area contributed by atoms with E-state index in [1.807, 2.05) is 6.07 Å². The Hall–Kier alpha value is -3.02.